The molecule has 7 nitrogen and oxygen atoms in total. The Morgan fingerprint density at radius 2 is 2.41 bits per heavy atom. The minimum atomic E-state index is 0.591. The molecule has 0 spiro atoms. The molecule has 2 N–H and O–H groups in total. The number of hydrogen-bond acceptors (Lipinski definition) is 6. The molecule has 0 aliphatic rings. The molecule has 0 bridgehead atoms. The monoisotopic (exact) mass is 249 g/mol. The normalized spacial score (nSPS) is 11.4. The van der Waals surface area contributed by atoms with E-state index in [0.717, 1.165) is 17.2 Å². The SMILES string of the molecule is Cc1nc2sccn2c1CNCc1nn[nH]n1. The van der Waals surface area contributed by atoms with E-state index >= 15 is 0 Å². The van der Waals surface area contributed by atoms with Crippen molar-refractivity contribution in [3.05, 3.63) is 28.8 Å². The number of hydrogen-bond donors (Lipinski definition) is 2. The number of H-pyrrole nitrogens is 1. The first-order valence-electron chi connectivity index (χ1n) is 5.18. The van der Waals surface area contributed by atoms with Gasteiger partial charge < -0.3 is 5.32 Å². The van der Waals surface area contributed by atoms with Crippen molar-refractivity contribution in [3.63, 3.8) is 0 Å². The Morgan fingerprint density at radius 1 is 1.47 bits per heavy atom. The Bertz CT molecular complexity index is 608. The van der Waals surface area contributed by atoms with Crippen molar-refractivity contribution in [1.29, 1.82) is 0 Å². The molecule has 0 saturated heterocycles. The number of aromatic amines is 1. The smallest absolute Gasteiger partial charge is 0.194 e. The predicted molar refractivity (Wildman–Crippen MR) is 62.5 cm³/mol. The zero-order valence-electron chi connectivity index (χ0n) is 9.21. The number of tetrazole rings is 1. The third-order valence-corrected chi connectivity index (χ3v) is 3.28. The van der Waals surface area contributed by atoms with Crippen molar-refractivity contribution in [2.45, 2.75) is 20.0 Å². The van der Waals surface area contributed by atoms with Gasteiger partial charge in [0.15, 0.2) is 10.8 Å². The van der Waals surface area contributed by atoms with E-state index in [1.54, 1.807) is 11.3 Å². The maximum absolute atomic E-state index is 4.48. The quantitative estimate of drug-likeness (QED) is 0.703. The van der Waals surface area contributed by atoms with Crippen LogP contribution in [0.3, 0.4) is 0 Å². The Kier molecular flexibility index (Phi) is 2.57. The van der Waals surface area contributed by atoms with E-state index < -0.39 is 0 Å². The molecule has 0 aliphatic carbocycles. The van der Waals surface area contributed by atoms with Gasteiger partial charge in [-0.2, -0.15) is 5.21 Å². The van der Waals surface area contributed by atoms with Crippen LogP contribution in [0, 0.1) is 6.92 Å². The van der Waals surface area contributed by atoms with E-state index in [0.29, 0.717) is 12.4 Å². The summed E-state index contributed by atoms with van der Waals surface area (Å²) < 4.78 is 2.10. The molecule has 88 valence electrons. The first-order chi connectivity index (χ1) is 8.34. The van der Waals surface area contributed by atoms with E-state index in [-0.39, 0.29) is 0 Å². The third kappa shape index (κ3) is 1.92. The van der Waals surface area contributed by atoms with Crippen molar-refractivity contribution < 1.29 is 0 Å². The van der Waals surface area contributed by atoms with Gasteiger partial charge in [0.1, 0.15) is 0 Å². The second kappa shape index (κ2) is 4.22. The first kappa shape index (κ1) is 10.4. The van der Waals surface area contributed by atoms with E-state index in [9.17, 15) is 0 Å². The van der Waals surface area contributed by atoms with Gasteiger partial charge in [-0.25, -0.2) is 4.98 Å². The molecule has 3 rings (SSSR count). The average Bonchev–Trinajstić information content (AvgIpc) is 2.98. The van der Waals surface area contributed by atoms with Crippen LogP contribution in [-0.2, 0) is 13.1 Å². The minimum absolute atomic E-state index is 0.591. The second-order valence-corrected chi connectivity index (χ2v) is 4.50. The number of aryl methyl sites for hydroxylation is 1. The molecule has 3 aromatic rings. The maximum Gasteiger partial charge on any atom is 0.194 e. The number of nitrogens with zero attached hydrogens (tertiary/aromatic N) is 5. The van der Waals surface area contributed by atoms with Gasteiger partial charge in [-0.05, 0) is 6.92 Å². The molecule has 0 amide bonds. The van der Waals surface area contributed by atoms with Gasteiger partial charge in [0, 0.05) is 18.1 Å². The molecule has 8 heteroatoms. The fourth-order valence-electron chi connectivity index (χ4n) is 1.70. The predicted octanol–water partition coefficient (Wildman–Crippen LogP) is 0.507. The van der Waals surface area contributed by atoms with Gasteiger partial charge >= 0.3 is 0 Å². The standard InChI is InChI=1S/C9H11N7S/c1-6-7(16-2-3-17-9(16)11-6)4-10-5-8-12-14-15-13-8/h2-3,10H,4-5H2,1H3,(H,12,13,14,15). The lowest BCUT2D eigenvalue weighted by atomic mass is 10.3. The number of thiazole rings is 1. The molecular weight excluding hydrogens is 238 g/mol. The lowest BCUT2D eigenvalue weighted by molar-refractivity contribution is 0.647. The lowest BCUT2D eigenvalue weighted by Crippen LogP contribution is -2.15. The Hall–Kier alpha value is -1.80. The highest BCUT2D eigenvalue weighted by Crippen LogP contribution is 2.16. The fraction of sp³-hybridized carbons (Fsp3) is 0.333. The molecule has 3 heterocycles. The van der Waals surface area contributed by atoms with Crippen LogP contribution in [0.1, 0.15) is 17.2 Å². The van der Waals surface area contributed by atoms with E-state index in [2.05, 4.69) is 35.3 Å². The van der Waals surface area contributed by atoms with Gasteiger partial charge in [-0.15, -0.1) is 21.5 Å². The van der Waals surface area contributed by atoms with Gasteiger partial charge in [0.25, 0.3) is 0 Å². The van der Waals surface area contributed by atoms with Crippen LogP contribution in [0.15, 0.2) is 11.6 Å². The average molecular weight is 249 g/mol. The van der Waals surface area contributed by atoms with Crippen molar-refractivity contribution >= 4 is 16.3 Å². The van der Waals surface area contributed by atoms with Crippen LogP contribution in [0.4, 0.5) is 0 Å². The lowest BCUT2D eigenvalue weighted by Gasteiger charge is -2.02. The summed E-state index contributed by atoms with van der Waals surface area (Å²) in [5.74, 6) is 0.661. The van der Waals surface area contributed by atoms with Crippen LogP contribution in [0.2, 0.25) is 0 Å². The van der Waals surface area contributed by atoms with Gasteiger partial charge in [-0.3, -0.25) is 4.40 Å². The van der Waals surface area contributed by atoms with Crippen LogP contribution in [-0.4, -0.2) is 30.0 Å². The number of imidazole rings is 1. The highest BCUT2D eigenvalue weighted by molar-refractivity contribution is 7.15. The fourth-order valence-corrected chi connectivity index (χ4v) is 2.48. The molecule has 0 fully saturated rings. The van der Waals surface area contributed by atoms with Crippen LogP contribution in [0.25, 0.3) is 4.96 Å². The summed E-state index contributed by atoms with van der Waals surface area (Å²) in [6.07, 6.45) is 2.03. The molecule has 0 radical (unpaired) electrons. The number of rotatable bonds is 4. The summed E-state index contributed by atoms with van der Waals surface area (Å²) in [6, 6.07) is 0. The molecule has 0 aromatic carbocycles. The van der Waals surface area contributed by atoms with Gasteiger partial charge in [0.2, 0.25) is 0 Å². The van der Waals surface area contributed by atoms with E-state index in [1.807, 2.05) is 18.5 Å². The van der Waals surface area contributed by atoms with Gasteiger partial charge in [0.05, 0.1) is 17.9 Å². The Labute approximate surface area is 101 Å². The van der Waals surface area contributed by atoms with Crippen molar-refractivity contribution in [1.82, 2.24) is 35.3 Å². The largest absolute Gasteiger partial charge is 0.304 e. The van der Waals surface area contributed by atoms with Crippen LogP contribution < -0.4 is 5.32 Å². The number of nitrogens with one attached hydrogen (secondary N) is 2. The summed E-state index contributed by atoms with van der Waals surface area (Å²) in [5, 5.41) is 19.0. The van der Waals surface area contributed by atoms with Crippen molar-refractivity contribution in [3.8, 4) is 0 Å². The summed E-state index contributed by atoms with van der Waals surface area (Å²) in [5.41, 5.74) is 2.22. The minimum Gasteiger partial charge on any atom is -0.304 e. The zero-order chi connectivity index (χ0) is 11.7. The summed E-state index contributed by atoms with van der Waals surface area (Å²) in [4.78, 5) is 5.51. The van der Waals surface area contributed by atoms with Gasteiger partial charge in [-0.1, -0.05) is 5.21 Å². The number of fused-ring (bicyclic) bond motifs is 1. The molecular formula is C9H11N7S. The second-order valence-electron chi connectivity index (χ2n) is 3.63. The highest BCUT2D eigenvalue weighted by atomic mass is 32.1. The summed E-state index contributed by atoms with van der Waals surface area (Å²) >= 11 is 1.64. The summed E-state index contributed by atoms with van der Waals surface area (Å²) in [7, 11) is 0. The molecule has 0 unspecified atom stereocenters. The zero-order valence-corrected chi connectivity index (χ0v) is 10.0. The summed E-state index contributed by atoms with van der Waals surface area (Å²) in [6.45, 7) is 3.34. The van der Waals surface area contributed by atoms with Crippen LogP contribution in [0.5, 0.6) is 0 Å². The van der Waals surface area contributed by atoms with Crippen molar-refractivity contribution in [2.75, 3.05) is 0 Å². The molecule has 0 atom stereocenters. The number of aromatic nitrogens is 6. The topological polar surface area (TPSA) is 83.8 Å². The highest BCUT2D eigenvalue weighted by Gasteiger charge is 2.09. The molecule has 0 aliphatic heterocycles. The molecule has 0 saturated carbocycles. The Morgan fingerprint density at radius 3 is 3.24 bits per heavy atom. The van der Waals surface area contributed by atoms with Crippen LogP contribution >= 0.6 is 11.3 Å². The Balaban J connectivity index is 1.72. The maximum atomic E-state index is 4.48. The molecule has 17 heavy (non-hydrogen) atoms. The molecule has 3 aromatic heterocycles. The first-order valence-corrected chi connectivity index (χ1v) is 6.06. The third-order valence-electron chi connectivity index (χ3n) is 2.53. The van der Waals surface area contributed by atoms with E-state index in [1.165, 1.54) is 5.69 Å². The van der Waals surface area contributed by atoms with E-state index in [4.69, 9.17) is 0 Å². The van der Waals surface area contributed by atoms with Crippen molar-refractivity contribution in [2.24, 2.45) is 0 Å².